The Morgan fingerprint density at radius 3 is 2.36 bits per heavy atom. The third-order valence-electron chi connectivity index (χ3n) is 5.94. The van der Waals surface area contributed by atoms with Crippen LogP contribution >= 0.6 is 23.2 Å². The van der Waals surface area contributed by atoms with Gasteiger partial charge in [-0.2, -0.15) is 0 Å². The number of hydrogen-bond acceptors (Lipinski definition) is 2. The van der Waals surface area contributed by atoms with Crippen molar-refractivity contribution in [2.75, 3.05) is 7.11 Å². The molecule has 0 fully saturated rings. The van der Waals surface area contributed by atoms with Crippen molar-refractivity contribution >= 4 is 50.9 Å². The molecule has 0 spiro atoms. The fourth-order valence-corrected chi connectivity index (χ4v) is 4.70. The number of rotatable bonds is 5. The Morgan fingerprint density at radius 1 is 0.909 bits per heavy atom. The number of benzene rings is 4. The van der Waals surface area contributed by atoms with Gasteiger partial charge in [0, 0.05) is 22.9 Å². The lowest BCUT2D eigenvalue weighted by molar-refractivity contribution is 0.100. The maximum Gasteiger partial charge on any atom is 0.249 e. The highest BCUT2D eigenvalue weighted by Gasteiger charge is 2.18. The van der Waals surface area contributed by atoms with E-state index in [1.165, 1.54) is 0 Å². The third kappa shape index (κ3) is 3.71. The molecule has 6 heteroatoms. The minimum Gasteiger partial charge on any atom is -0.497 e. The molecule has 0 unspecified atom stereocenters. The minimum absolute atomic E-state index is 0.459. The van der Waals surface area contributed by atoms with Crippen molar-refractivity contribution in [3.8, 4) is 16.9 Å². The van der Waals surface area contributed by atoms with Crippen molar-refractivity contribution in [1.29, 1.82) is 0 Å². The number of methoxy groups -OCH3 is 1. The van der Waals surface area contributed by atoms with Crippen LogP contribution in [0.2, 0.25) is 10.0 Å². The number of carbonyl (C=O) groups excluding carboxylic acids is 1. The summed E-state index contributed by atoms with van der Waals surface area (Å²) in [4.78, 5) is 12.2. The van der Waals surface area contributed by atoms with Crippen LogP contribution in [-0.2, 0) is 6.54 Å². The van der Waals surface area contributed by atoms with Gasteiger partial charge in [-0.05, 0) is 53.1 Å². The standard InChI is InChI=1S/C27H20Cl2N2O2/c1-33-19-11-8-16(9-12-19)17-10-13-20-24(14-17)31(15-18-4-2-6-22(28)26(18)29)23-7-3-5-21(25(20)23)27(30)32/h2-14H,15H2,1H3,(H2,30,32). The molecule has 4 aromatic carbocycles. The molecule has 164 valence electrons. The first kappa shape index (κ1) is 21.4. The molecular weight excluding hydrogens is 455 g/mol. The van der Waals surface area contributed by atoms with Gasteiger partial charge in [-0.1, -0.05) is 65.7 Å². The first-order valence-corrected chi connectivity index (χ1v) is 11.2. The normalized spacial score (nSPS) is 11.2. The molecule has 1 aromatic heterocycles. The van der Waals surface area contributed by atoms with Crippen molar-refractivity contribution < 1.29 is 9.53 Å². The molecule has 1 heterocycles. The van der Waals surface area contributed by atoms with Crippen LogP contribution in [0.4, 0.5) is 0 Å². The van der Waals surface area contributed by atoms with Gasteiger partial charge in [0.25, 0.3) is 0 Å². The number of nitrogens with two attached hydrogens (primary N) is 1. The van der Waals surface area contributed by atoms with Gasteiger partial charge in [-0.25, -0.2) is 0 Å². The lowest BCUT2D eigenvalue weighted by Gasteiger charge is -2.11. The molecule has 5 rings (SSSR count). The molecule has 0 saturated carbocycles. The summed E-state index contributed by atoms with van der Waals surface area (Å²) in [5.74, 6) is 0.343. The van der Waals surface area contributed by atoms with E-state index in [0.717, 1.165) is 44.2 Å². The number of primary amides is 1. The van der Waals surface area contributed by atoms with Crippen LogP contribution in [0.5, 0.6) is 5.75 Å². The summed E-state index contributed by atoms with van der Waals surface area (Å²) >= 11 is 12.8. The molecule has 0 aliphatic carbocycles. The van der Waals surface area contributed by atoms with Crippen LogP contribution in [-0.4, -0.2) is 17.6 Å². The minimum atomic E-state index is -0.459. The SMILES string of the molecule is COc1ccc(-c2ccc3c4c(C(N)=O)cccc4n(Cc4cccc(Cl)c4Cl)c3c2)cc1. The van der Waals surface area contributed by atoms with Gasteiger partial charge in [0.15, 0.2) is 0 Å². The number of aromatic nitrogens is 1. The number of fused-ring (bicyclic) bond motifs is 3. The Labute approximate surface area is 201 Å². The lowest BCUT2D eigenvalue weighted by atomic mass is 10.0. The summed E-state index contributed by atoms with van der Waals surface area (Å²) in [5, 5.41) is 2.81. The van der Waals surface area contributed by atoms with Gasteiger partial charge in [0.2, 0.25) is 5.91 Å². The molecule has 5 aromatic rings. The molecule has 2 N–H and O–H groups in total. The zero-order valence-electron chi connectivity index (χ0n) is 17.8. The molecular formula is C27H20Cl2N2O2. The lowest BCUT2D eigenvalue weighted by Crippen LogP contribution is -2.11. The van der Waals surface area contributed by atoms with Crippen molar-refractivity contribution in [2.45, 2.75) is 6.54 Å². The van der Waals surface area contributed by atoms with Crippen LogP contribution < -0.4 is 10.5 Å². The number of ether oxygens (including phenoxy) is 1. The number of carbonyl (C=O) groups is 1. The van der Waals surface area contributed by atoms with Gasteiger partial charge < -0.3 is 15.0 Å². The van der Waals surface area contributed by atoms with Gasteiger partial charge in [0.1, 0.15) is 5.75 Å². The third-order valence-corrected chi connectivity index (χ3v) is 6.80. The van der Waals surface area contributed by atoms with Crippen molar-refractivity contribution in [3.05, 3.63) is 100 Å². The molecule has 33 heavy (non-hydrogen) atoms. The maximum absolute atomic E-state index is 12.2. The van der Waals surface area contributed by atoms with Crippen LogP contribution in [0.15, 0.2) is 78.9 Å². The summed E-state index contributed by atoms with van der Waals surface area (Å²) in [7, 11) is 1.65. The van der Waals surface area contributed by atoms with E-state index in [4.69, 9.17) is 33.7 Å². The second kappa shape index (κ2) is 8.47. The predicted molar refractivity (Wildman–Crippen MR) is 136 cm³/mol. The van der Waals surface area contributed by atoms with Crippen molar-refractivity contribution in [3.63, 3.8) is 0 Å². The largest absolute Gasteiger partial charge is 0.497 e. The average Bonchev–Trinajstić information content (AvgIpc) is 3.15. The highest BCUT2D eigenvalue weighted by atomic mass is 35.5. The van der Waals surface area contributed by atoms with E-state index in [2.05, 4.69) is 16.7 Å². The number of hydrogen-bond donors (Lipinski definition) is 1. The van der Waals surface area contributed by atoms with Crippen LogP contribution in [0.25, 0.3) is 32.9 Å². The molecule has 1 amide bonds. The van der Waals surface area contributed by atoms with Crippen molar-refractivity contribution in [2.24, 2.45) is 5.73 Å². The topological polar surface area (TPSA) is 57.2 Å². The molecule has 0 aliphatic heterocycles. The van der Waals surface area contributed by atoms with Gasteiger partial charge in [0.05, 0.1) is 28.2 Å². The predicted octanol–water partition coefficient (Wildman–Crippen LogP) is 6.92. The van der Waals surface area contributed by atoms with E-state index in [1.807, 2.05) is 54.6 Å². The summed E-state index contributed by atoms with van der Waals surface area (Å²) in [6, 6.07) is 25.4. The molecule has 4 nitrogen and oxygen atoms in total. The van der Waals surface area contributed by atoms with Gasteiger partial charge in [-0.15, -0.1) is 0 Å². The maximum atomic E-state index is 12.2. The van der Waals surface area contributed by atoms with E-state index in [-0.39, 0.29) is 0 Å². The fraction of sp³-hybridized carbons (Fsp3) is 0.0741. The number of halogens is 2. The highest BCUT2D eigenvalue weighted by molar-refractivity contribution is 6.42. The first-order valence-electron chi connectivity index (χ1n) is 10.4. The monoisotopic (exact) mass is 474 g/mol. The fourth-order valence-electron chi connectivity index (χ4n) is 4.32. The Bertz CT molecular complexity index is 1520. The van der Waals surface area contributed by atoms with Crippen LogP contribution in [0.1, 0.15) is 15.9 Å². The highest BCUT2D eigenvalue weighted by Crippen LogP contribution is 2.36. The van der Waals surface area contributed by atoms with Crippen molar-refractivity contribution in [1.82, 2.24) is 4.57 Å². The summed E-state index contributed by atoms with van der Waals surface area (Å²) in [6.07, 6.45) is 0. The second-order valence-electron chi connectivity index (χ2n) is 7.82. The average molecular weight is 475 g/mol. The second-order valence-corrected chi connectivity index (χ2v) is 8.61. The Balaban J connectivity index is 1.78. The van der Waals surface area contributed by atoms with Crippen LogP contribution in [0.3, 0.4) is 0 Å². The zero-order chi connectivity index (χ0) is 23.1. The van der Waals surface area contributed by atoms with E-state index in [9.17, 15) is 4.79 Å². The smallest absolute Gasteiger partial charge is 0.249 e. The summed E-state index contributed by atoms with van der Waals surface area (Å²) < 4.78 is 7.44. The summed E-state index contributed by atoms with van der Waals surface area (Å²) in [6.45, 7) is 0.494. The number of amides is 1. The van der Waals surface area contributed by atoms with E-state index < -0.39 is 5.91 Å². The Hall–Kier alpha value is -3.47. The summed E-state index contributed by atoms with van der Waals surface area (Å²) in [5.41, 5.74) is 11.1. The van der Waals surface area contributed by atoms with Gasteiger partial charge >= 0.3 is 0 Å². The molecule has 0 radical (unpaired) electrons. The molecule has 0 bridgehead atoms. The zero-order valence-corrected chi connectivity index (χ0v) is 19.3. The molecule has 0 saturated heterocycles. The number of nitrogens with zero attached hydrogens (tertiary/aromatic N) is 1. The van der Waals surface area contributed by atoms with E-state index in [0.29, 0.717) is 22.2 Å². The van der Waals surface area contributed by atoms with E-state index >= 15 is 0 Å². The van der Waals surface area contributed by atoms with E-state index in [1.54, 1.807) is 19.2 Å². The Kier molecular flexibility index (Phi) is 5.49. The molecule has 0 atom stereocenters. The quantitative estimate of drug-likeness (QED) is 0.300. The van der Waals surface area contributed by atoms with Crippen LogP contribution in [0, 0.1) is 0 Å². The Morgan fingerprint density at radius 2 is 1.64 bits per heavy atom. The van der Waals surface area contributed by atoms with Gasteiger partial charge in [-0.3, -0.25) is 4.79 Å². The molecule has 0 aliphatic rings. The first-order chi connectivity index (χ1) is 16.0.